The minimum Gasteiger partial charge on any atom is -0.378 e. The van der Waals surface area contributed by atoms with Crippen molar-refractivity contribution in [1.29, 1.82) is 0 Å². The Morgan fingerprint density at radius 1 is 1.41 bits per heavy atom. The largest absolute Gasteiger partial charge is 0.378 e. The first-order chi connectivity index (χ1) is 12.9. The van der Waals surface area contributed by atoms with Gasteiger partial charge in [-0.1, -0.05) is 0 Å². The lowest BCUT2D eigenvalue weighted by molar-refractivity contribution is -0.124. The lowest BCUT2D eigenvalue weighted by atomic mass is 10.2. The Labute approximate surface area is 156 Å². The molecule has 1 aliphatic heterocycles. The zero-order valence-corrected chi connectivity index (χ0v) is 15.6. The Bertz CT molecular complexity index is 898. The summed E-state index contributed by atoms with van der Waals surface area (Å²) in [6, 6.07) is 5.58. The first-order valence-corrected chi connectivity index (χ1v) is 9.93. The average molecular weight is 396 g/mol. The monoisotopic (exact) mass is 396 g/mol. The second kappa shape index (κ2) is 8.15. The van der Waals surface area contributed by atoms with Crippen LogP contribution in [-0.4, -0.2) is 48.5 Å². The summed E-state index contributed by atoms with van der Waals surface area (Å²) in [4.78, 5) is 12.5. The molecule has 1 fully saturated rings. The molecule has 1 aromatic heterocycles. The number of nitrogens with one attached hydrogen (secondary N) is 2. The van der Waals surface area contributed by atoms with Crippen LogP contribution < -0.4 is 5.32 Å². The highest BCUT2D eigenvalue weighted by molar-refractivity contribution is 7.89. The minimum absolute atomic E-state index is 0.0265. The summed E-state index contributed by atoms with van der Waals surface area (Å²) in [5.74, 6) is -0.891. The fraction of sp³-hybridized carbons (Fsp3) is 0.412. The van der Waals surface area contributed by atoms with Crippen molar-refractivity contribution in [2.24, 2.45) is 0 Å². The molecule has 0 spiro atoms. The molecular weight excluding hydrogens is 375 g/mol. The maximum absolute atomic E-state index is 13.1. The number of aromatic amines is 1. The van der Waals surface area contributed by atoms with Crippen molar-refractivity contribution in [3.8, 4) is 0 Å². The molecule has 0 saturated carbocycles. The fourth-order valence-electron chi connectivity index (χ4n) is 3.05. The maximum atomic E-state index is 13.1. The number of halogens is 1. The number of aromatic nitrogens is 2. The van der Waals surface area contributed by atoms with E-state index < -0.39 is 21.9 Å². The molecule has 1 atom stereocenters. The van der Waals surface area contributed by atoms with Crippen LogP contribution in [0.3, 0.4) is 0 Å². The number of hydrogen-bond donors (Lipinski definition) is 2. The van der Waals surface area contributed by atoms with E-state index in [4.69, 9.17) is 4.74 Å². The van der Waals surface area contributed by atoms with Crippen LogP contribution in [0.25, 0.3) is 0 Å². The number of hydrogen-bond acceptors (Lipinski definition) is 5. The second-order valence-corrected chi connectivity index (χ2v) is 8.15. The van der Waals surface area contributed by atoms with Gasteiger partial charge in [-0.25, -0.2) is 12.8 Å². The normalized spacial score (nSPS) is 17.9. The van der Waals surface area contributed by atoms with Gasteiger partial charge < -0.3 is 10.1 Å². The number of H-pyrrole nitrogens is 1. The molecule has 3 rings (SSSR count). The molecule has 2 heterocycles. The first kappa shape index (κ1) is 19.5. The summed E-state index contributed by atoms with van der Waals surface area (Å²) in [6.45, 7) is 0.813. The topological polar surface area (TPSA) is 104 Å². The predicted octanol–water partition coefficient (Wildman–Crippen LogP) is 1.16. The highest BCUT2D eigenvalue weighted by atomic mass is 32.2. The van der Waals surface area contributed by atoms with Crippen molar-refractivity contribution < 1.29 is 22.3 Å². The fourth-order valence-corrected chi connectivity index (χ4v) is 4.71. The van der Waals surface area contributed by atoms with E-state index >= 15 is 0 Å². The maximum Gasteiger partial charge on any atom is 0.243 e. The van der Waals surface area contributed by atoms with E-state index in [-0.39, 0.29) is 23.9 Å². The molecule has 2 N–H and O–H groups in total. The summed E-state index contributed by atoms with van der Waals surface area (Å²) < 4.78 is 44.8. The SMILES string of the molecule is COCc1cc(CNC(=O)C2CCCN2S(=O)(=O)c2ccc(F)cc2)[nH]n1. The summed E-state index contributed by atoms with van der Waals surface area (Å²) in [5.41, 5.74) is 1.41. The van der Waals surface area contributed by atoms with E-state index in [0.717, 1.165) is 12.1 Å². The van der Waals surface area contributed by atoms with E-state index in [1.807, 2.05) is 0 Å². The highest BCUT2D eigenvalue weighted by Crippen LogP contribution is 2.26. The van der Waals surface area contributed by atoms with Gasteiger partial charge in [0.1, 0.15) is 11.9 Å². The number of carbonyl (C=O) groups is 1. The van der Waals surface area contributed by atoms with Crippen LogP contribution in [-0.2, 0) is 32.7 Å². The van der Waals surface area contributed by atoms with Crippen LogP contribution in [0, 0.1) is 5.82 Å². The van der Waals surface area contributed by atoms with E-state index in [0.29, 0.717) is 30.8 Å². The first-order valence-electron chi connectivity index (χ1n) is 8.49. The molecule has 0 aliphatic carbocycles. The zero-order chi connectivity index (χ0) is 19.4. The van der Waals surface area contributed by atoms with Crippen molar-refractivity contribution >= 4 is 15.9 Å². The van der Waals surface area contributed by atoms with Gasteiger partial charge in [0.15, 0.2) is 0 Å². The molecule has 1 amide bonds. The van der Waals surface area contributed by atoms with E-state index in [9.17, 15) is 17.6 Å². The number of nitrogens with zero attached hydrogens (tertiary/aromatic N) is 2. The van der Waals surface area contributed by atoms with Crippen LogP contribution in [0.4, 0.5) is 4.39 Å². The van der Waals surface area contributed by atoms with Crippen LogP contribution in [0.15, 0.2) is 35.2 Å². The van der Waals surface area contributed by atoms with Gasteiger partial charge in [-0.3, -0.25) is 9.89 Å². The van der Waals surface area contributed by atoms with Crippen LogP contribution in [0.2, 0.25) is 0 Å². The number of sulfonamides is 1. The zero-order valence-electron chi connectivity index (χ0n) is 14.8. The van der Waals surface area contributed by atoms with Gasteiger partial charge in [0.2, 0.25) is 15.9 Å². The molecule has 1 aliphatic rings. The Balaban J connectivity index is 1.67. The molecule has 27 heavy (non-hydrogen) atoms. The predicted molar refractivity (Wildman–Crippen MR) is 94.5 cm³/mol. The van der Waals surface area contributed by atoms with Crippen molar-refractivity contribution in [3.05, 3.63) is 47.5 Å². The van der Waals surface area contributed by atoms with Crippen molar-refractivity contribution in [2.45, 2.75) is 36.9 Å². The molecular formula is C17H21FN4O4S. The molecule has 1 saturated heterocycles. The van der Waals surface area contributed by atoms with E-state index in [2.05, 4.69) is 15.5 Å². The Kier molecular flexibility index (Phi) is 5.88. The molecule has 8 nitrogen and oxygen atoms in total. The van der Waals surface area contributed by atoms with Crippen LogP contribution in [0.5, 0.6) is 0 Å². The smallest absolute Gasteiger partial charge is 0.243 e. The lowest BCUT2D eigenvalue weighted by Crippen LogP contribution is -2.45. The molecule has 146 valence electrons. The Hall–Kier alpha value is -2.30. The standard InChI is InChI=1S/C17H21FN4O4S/c1-26-11-14-9-13(20-21-14)10-19-17(23)16-3-2-8-22(16)27(24,25)15-6-4-12(18)5-7-15/h4-7,9,16H,2-3,8,10-11H2,1H3,(H,19,23)(H,20,21). The molecule has 0 radical (unpaired) electrons. The van der Waals surface area contributed by atoms with E-state index in [1.165, 1.54) is 16.4 Å². The number of ether oxygens (including phenoxy) is 1. The Morgan fingerprint density at radius 3 is 2.85 bits per heavy atom. The number of methoxy groups -OCH3 is 1. The average Bonchev–Trinajstić information content (AvgIpc) is 3.30. The number of carbonyl (C=O) groups excluding carboxylic acids is 1. The van der Waals surface area contributed by atoms with Crippen LogP contribution >= 0.6 is 0 Å². The third-order valence-electron chi connectivity index (χ3n) is 4.36. The van der Waals surface area contributed by atoms with Gasteiger partial charge in [-0.2, -0.15) is 9.40 Å². The van der Waals surface area contributed by atoms with Crippen molar-refractivity contribution in [1.82, 2.24) is 19.8 Å². The minimum atomic E-state index is -3.87. The van der Waals surface area contributed by atoms with Gasteiger partial charge in [0, 0.05) is 13.7 Å². The lowest BCUT2D eigenvalue weighted by Gasteiger charge is -2.23. The molecule has 1 unspecified atom stereocenters. The van der Waals surface area contributed by atoms with E-state index in [1.54, 1.807) is 13.2 Å². The number of benzene rings is 1. The molecule has 2 aromatic rings. The summed E-state index contributed by atoms with van der Waals surface area (Å²) in [5, 5.41) is 9.58. The number of amides is 1. The van der Waals surface area contributed by atoms with Gasteiger partial charge in [-0.05, 0) is 43.2 Å². The summed E-state index contributed by atoms with van der Waals surface area (Å²) in [7, 11) is -2.30. The van der Waals surface area contributed by atoms with Gasteiger partial charge in [0.25, 0.3) is 0 Å². The molecule has 10 heteroatoms. The summed E-state index contributed by atoms with van der Waals surface area (Å²) in [6.07, 6.45) is 1.02. The number of rotatable bonds is 7. The van der Waals surface area contributed by atoms with Crippen molar-refractivity contribution in [2.75, 3.05) is 13.7 Å². The highest BCUT2D eigenvalue weighted by Gasteiger charge is 2.39. The second-order valence-electron chi connectivity index (χ2n) is 6.26. The van der Waals surface area contributed by atoms with Gasteiger partial charge >= 0.3 is 0 Å². The molecule has 1 aromatic carbocycles. The quantitative estimate of drug-likeness (QED) is 0.731. The van der Waals surface area contributed by atoms with Crippen molar-refractivity contribution in [3.63, 3.8) is 0 Å². The van der Waals surface area contributed by atoms with Crippen LogP contribution in [0.1, 0.15) is 24.2 Å². The summed E-state index contributed by atoms with van der Waals surface area (Å²) >= 11 is 0. The van der Waals surface area contributed by atoms with Gasteiger partial charge in [0.05, 0.1) is 29.4 Å². The Morgan fingerprint density at radius 2 is 2.15 bits per heavy atom. The van der Waals surface area contributed by atoms with Gasteiger partial charge in [-0.15, -0.1) is 0 Å². The third-order valence-corrected chi connectivity index (χ3v) is 6.28. The third kappa shape index (κ3) is 4.34. The molecule has 0 bridgehead atoms.